The maximum atomic E-state index is 12.4. The van der Waals surface area contributed by atoms with Crippen molar-refractivity contribution < 1.29 is 121 Å². The minimum absolute atomic E-state index is 0.0150. The number of esters is 9. The summed E-state index contributed by atoms with van der Waals surface area (Å²) in [6.07, 6.45) is 24.2. The number of carbonyl (C=O) groups is 9. The minimum Gasteiger partial charge on any atom is -0.465 e. The minimum atomic E-state index is -2.61. The van der Waals surface area contributed by atoms with Crippen LogP contribution in [0.1, 0.15) is 360 Å². The van der Waals surface area contributed by atoms with Crippen molar-refractivity contribution in [1.82, 2.24) is 0 Å². The molecule has 11 aliphatic rings. The van der Waals surface area contributed by atoms with Gasteiger partial charge in [0.2, 0.25) is 0 Å². The first-order valence-electron chi connectivity index (χ1n) is 49.6. The SMILES string of the molecule is CCC(C)(C)C(=O)OC1(C(C)C)CCCC1.CCC(C)(C)C(=O)OC12CC3CC(CC(O)(C3)C1)C2.CCC(C)(C)C(=O)OC1C2CC3C(=O)OC1C3C2.CCC(C)(C)C(=O)OC1COC(=O)C1.CCC(C)(C)C(=O)OCC[Si]1(C)O[Si](C)(C)O[Si](C)(C)O[Si](C)(C)O1.CCC1(OC(=O)C(C)(C)CC)CCCCC1.CCO[Si](CCCOC(=O)C(C)(C)CC)(OCC)OCC. The van der Waals surface area contributed by atoms with Crippen molar-refractivity contribution in [3.05, 3.63) is 0 Å². The Morgan fingerprint density at radius 2 is 0.884 bits per heavy atom. The average Bonchev–Trinajstić information content (AvgIpc) is 1.20. The Morgan fingerprint density at radius 3 is 1.29 bits per heavy atom. The third-order valence-corrected chi connectivity index (χ3v) is 48.8. The molecule has 11 rings (SSSR count). The van der Waals surface area contributed by atoms with Gasteiger partial charge in [0, 0.05) is 50.2 Å². The molecule has 1 N–H and O–H groups in total. The normalized spacial score (nSPS) is 26.5. The standard InChI is InChI=1S/C16H26O3.C15H36O6Si4.C15H32O5Si.C14H20O4.2C14H26O2.C10H16O4/c1-4-14(2,3)13(17)19-16-8-11-5-12(9-16)7-15(18,6-11)10-16;1-11-15(2,3)14(16)17-12-13-25(10)20-23(6,7)18-22(4,5)19-24(8,9)21-25;1-7-15(5,6)14(16)17-12-11-13-21(18-8-2,19-9-3)20-10-4;1-4-14(2,3)13(16)18-10-7-5-8-9(6-7)12(15)17-11(8)10;1-6-13(4,5)12(15)16-14(11(2)3)9-7-8-10-14;1-5-13(3,4)12(15)16-14(6-2)10-8-7-9-11-14;1-4-10(2,3)9(12)14-7-5-8(11)13-6-7/h11-12,18H,4-10H2,1-3H3;11-13H2,1-10H3;7-13H2,1-6H3;7-11H,4-6H2,1-3H3;11H,6-10H2,1-5H3;5-11H2,1-4H3;7H,4-6H2,1-3H3. The Kier molecular flexibility index (Phi) is 44.0. The van der Waals surface area contributed by atoms with E-state index < -0.39 is 75.7 Å². The number of ether oxygens (including phenoxy) is 9. The number of carbonyl (C=O) groups excluding carboxylic acids is 9. The van der Waals surface area contributed by atoms with Gasteiger partial charge in [-0.3, -0.25) is 43.2 Å². The van der Waals surface area contributed by atoms with Crippen molar-refractivity contribution in [3.63, 3.8) is 0 Å². The van der Waals surface area contributed by atoms with Gasteiger partial charge in [-0.1, -0.05) is 75.7 Å². The van der Waals surface area contributed by atoms with Gasteiger partial charge in [0.1, 0.15) is 41.7 Å². The Labute approximate surface area is 784 Å². The van der Waals surface area contributed by atoms with Crippen LogP contribution in [0.5, 0.6) is 0 Å². The molecule has 0 spiro atoms. The Morgan fingerprint density at radius 1 is 0.481 bits per heavy atom. The van der Waals surface area contributed by atoms with E-state index in [1.807, 2.05) is 212 Å². The molecule has 3 aliphatic heterocycles. The zero-order valence-corrected chi connectivity index (χ0v) is 92.1. The largest absolute Gasteiger partial charge is 0.501 e. The summed E-state index contributed by atoms with van der Waals surface area (Å²) in [5, 5.41) is 10.6. The molecule has 31 heteroatoms. The Bertz CT molecular complexity index is 3540. The highest BCUT2D eigenvalue weighted by molar-refractivity contribution is 6.93. The number of fused-ring (bicyclic) bond motifs is 1. The van der Waals surface area contributed by atoms with Gasteiger partial charge >= 0.3 is 96.8 Å². The summed E-state index contributed by atoms with van der Waals surface area (Å²) in [4.78, 5) is 107. The highest BCUT2D eigenvalue weighted by Gasteiger charge is 2.64. The molecule has 0 aromatic carbocycles. The molecule has 129 heavy (non-hydrogen) atoms. The fourth-order valence-corrected chi connectivity index (χ4v) is 42.4. The van der Waals surface area contributed by atoms with Crippen molar-refractivity contribution in [2.75, 3.05) is 39.6 Å². The van der Waals surface area contributed by atoms with E-state index in [0.717, 1.165) is 109 Å². The van der Waals surface area contributed by atoms with Crippen molar-refractivity contribution in [2.24, 2.45) is 73.4 Å². The number of hydrogen-bond donors (Lipinski definition) is 1. The molecule has 0 amide bonds. The molecule has 0 radical (unpaired) electrons. The first-order chi connectivity index (χ1) is 59.3. The molecule has 3 heterocycles. The topological polar surface area (TPSA) is 322 Å². The zero-order valence-electron chi connectivity index (χ0n) is 87.1. The molecule has 0 aromatic rings. The summed E-state index contributed by atoms with van der Waals surface area (Å²) >= 11 is 0. The monoisotopic (exact) mass is 1920 g/mol. The van der Waals surface area contributed by atoms with E-state index in [4.69, 9.17) is 72.4 Å². The Hall–Kier alpha value is -4.01. The van der Waals surface area contributed by atoms with Gasteiger partial charge in [-0.05, 0) is 335 Å². The van der Waals surface area contributed by atoms with Crippen LogP contribution in [0, 0.1) is 73.4 Å². The molecule has 6 bridgehead atoms. The lowest BCUT2D eigenvalue weighted by molar-refractivity contribution is -0.225. The predicted octanol–water partition coefficient (Wildman–Crippen LogP) is 21.9. The van der Waals surface area contributed by atoms with Gasteiger partial charge in [-0.15, -0.1) is 0 Å². The number of aliphatic hydroxyl groups is 1. The van der Waals surface area contributed by atoms with E-state index in [-0.39, 0.29) is 119 Å². The second-order valence-electron chi connectivity index (χ2n) is 44.8. The maximum Gasteiger partial charge on any atom is 0.501 e. The molecule has 3 saturated heterocycles. The van der Waals surface area contributed by atoms with E-state index in [0.29, 0.717) is 94.0 Å². The number of rotatable bonds is 34. The number of hydrogen-bond acceptors (Lipinski definition) is 26. The molecule has 8 unspecified atom stereocenters. The maximum absolute atomic E-state index is 12.4. The second-order valence-corrected chi connectivity index (χ2v) is 61.9. The van der Waals surface area contributed by atoms with Crippen molar-refractivity contribution in [1.29, 1.82) is 0 Å². The summed E-state index contributed by atoms with van der Waals surface area (Å²) < 4.78 is 92.3. The number of cyclic esters (lactones) is 1. The van der Waals surface area contributed by atoms with Crippen molar-refractivity contribution in [3.8, 4) is 0 Å². The van der Waals surface area contributed by atoms with Crippen LogP contribution in [-0.2, 0) is 116 Å². The van der Waals surface area contributed by atoms with Gasteiger partial charge in [0.15, 0.2) is 0 Å². The average molecular weight is 1920 g/mol. The molecule has 26 nitrogen and oxygen atoms in total. The fraction of sp³-hybridized carbons (Fsp3) is 0.908. The third-order valence-electron chi connectivity index (χ3n) is 29.3. The Balaban J connectivity index is 0.000000317. The summed E-state index contributed by atoms with van der Waals surface area (Å²) in [5.41, 5.74) is -4.15. The molecule has 8 atom stereocenters. The van der Waals surface area contributed by atoms with Gasteiger partial charge < -0.3 is 77.5 Å². The zero-order chi connectivity index (χ0) is 98.5. The van der Waals surface area contributed by atoms with Crippen LogP contribution in [0.3, 0.4) is 0 Å². The lowest BCUT2D eigenvalue weighted by atomic mass is 9.52. The van der Waals surface area contributed by atoms with E-state index >= 15 is 0 Å². The first-order valence-corrected chi connectivity index (χ1v) is 62.5. The lowest BCUT2D eigenvalue weighted by Gasteiger charge is -2.59. The van der Waals surface area contributed by atoms with Crippen molar-refractivity contribution >= 4 is 96.8 Å². The van der Waals surface area contributed by atoms with Crippen LogP contribution in [0.4, 0.5) is 0 Å². The molecule has 11 fully saturated rings. The molecule has 8 saturated carbocycles. The van der Waals surface area contributed by atoms with E-state index in [2.05, 4.69) is 20.8 Å². The van der Waals surface area contributed by atoms with E-state index in [1.54, 1.807) is 0 Å². The van der Waals surface area contributed by atoms with Crippen LogP contribution in [0.2, 0.25) is 57.9 Å². The summed E-state index contributed by atoms with van der Waals surface area (Å²) in [7, 11) is -12.2. The predicted molar refractivity (Wildman–Crippen MR) is 511 cm³/mol. The molecular weight excluding hydrogens is 1730 g/mol. The first kappa shape index (κ1) is 117. The summed E-state index contributed by atoms with van der Waals surface area (Å²) in [6.45, 7) is 69.9. The van der Waals surface area contributed by atoms with Crippen LogP contribution in [0.15, 0.2) is 0 Å². The second kappa shape index (κ2) is 48.3. The van der Waals surface area contributed by atoms with Crippen LogP contribution < -0.4 is 0 Å². The van der Waals surface area contributed by atoms with Crippen LogP contribution in [-0.4, -0.2) is 182 Å². The molecule has 750 valence electrons. The van der Waals surface area contributed by atoms with E-state index in [9.17, 15) is 48.3 Å². The van der Waals surface area contributed by atoms with E-state index in [1.165, 1.54) is 38.5 Å². The van der Waals surface area contributed by atoms with Crippen molar-refractivity contribution in [2.45, 2.75) is 459 Å². The van der Waals surface area contributed by atoms with Gasteiger partial charge in [-0.25, -0.2) is 0 Å². The highest BCUT2D eigenvalue weighted by atomic mass is 28.5. The van der Waals surface area contributed by atoms with Crippen LogP contribution in [0.25, 0.3) is 0 Å². The highest BCUT2D eigenvalue weighted by Crippen LogP contribution is 2.60. The molecule has 0 aromatic heterocycles. The fourth-order valence-electron chi connectivity index (χ4n) is 18.6. The third kappa shape index (κ3) is 34.3. The van der Waals surface area contributed by atoms with Gasteiger partial charge in [0.05, 0.1) is 69.1 Å². The smallest absolute Gasteiger partial charge is 0.465 e. The van der Waals surface area contributed by atoms with Gasteiger partial charge in [0.25, 0.3) is 0 Å². The summed E-state index contributed by atoms with van der Waals surface area (Å²) in [6, 6.07) is 1.25. The molecular formula is C98H182O26Si5. The quantitative estimate of drug-likeness (QED) is 0.0271. The van der Waals surface area contributed by atoms with Gasteiger partial charge in [-0.2, -0.15) is 0 Å². The lowest BCUT2D eigenvalue weighted by Crippen LogP contribution is -2.65. The summed E-state index contributed by atoms with van der Waals surface area (Å²) in [5.74, 6) is 0.994. The molecule has 8 aliphatic carbocycles. The van der Waals surface area contributed by atoms with Crippen LogP contribution >= 0.6 is 0 Å².